The first-order chi connectivity index (χ1) is 13.5. The van der Waals surface area contributed by atoms with Crippen LogP contribution >= 0.6 is 0 Å². The van der Waals surface area contributed by atoms with Crippen LogP contribution in [0.2, 0.25) is 0 Å². The molecule has 3 rings (SSSR count). The van der Waals surface area contributed by atoms with Gasteiger partial charge in [-0.3, -0.25) is 10.6 Å². The van der Waals surface area contributed by atoms with E-state index in [1.165, 1.54) is 0 Å². The standard InChI is InChI=1S/C20H25N7O/c1-14-13-18(21-11-6-12-27(2)3)24-19(22-14)26-20(28)25-17-10-9-15-7-4-5-8-16(15)23-17/h4-5,7-10,13H,6,11-12H2,1-3H3,(H3,21,22,23,24,25,26,28). The minimum Gasteiger partial charge on any atom is -0.370 e. The van der Waals surface area contributed by atoms with Gasteiger partial charge in [-0.05, 0) is 52.2 Å². The number of hydrogen-bond donors (Lipinski definition) is 3. The maximum Gasteiger partial charge on any atom is 0.327 e. The number of fused-ring (bicyclic) bond motifs is 1. The number of aryl methyl sites for hydroxylation is 1. The minimum atomic E-state index is -0.438. The summed E-state index contributed by atoms with van der Waals surface area (Å²) in [6.07, 6.45) is 0.993. The maximum absolute atomic E-state index is 12.3. The van der Waals surface area contributed by atoms with Crippen LogP contribution < -0.4 is 16.0 Å². The van der Waals surface area contributed by atoms with Gasteiger partial charge in [0.15, 0.2) is 0 Å². The topological polar surface area (TPSA) is 95.1 Å². The molecule has 146 valence electrons. The third-order valence-corrected chi connectivity index (χ3v) is 4.01. The Balaban J connectivity index is 1.61. The van der Waals surface area contributed by atoms with Crippen molar-refractivity contribution in [2.24, 2.45) is 0 Å². The number of hydrogen-bond acceptors (Lipinski definition) is 6. The van der Waals surface area contributed by atoms with Crippen LogP contribution in [0.15, 0.2) is 42.5 Å². The van der Waals surface area contributed by atoms with Gasteiger partial charge >= 0.3 is 6.03 Å². The summed E-state index contributed by atoms with van der Waals surface area (Å²) in [5.74, 6) is 1.39. The Hall–Kier alpha value is -3.26. The molecule has 0 radical (unpaired) electrons. The molecule has 0 saturated carbocycles. The number of benzene rings is 1. The molecule has 0 aliphatic heterocycles. The van der Waals surface area contributed by atoms with Crippen LogP contribution in [0.1, 0.15) is 12.1 Å². The summed E-state index contributed by atoms with van der Waals surface area (Å²) < 4.78 is 0. The van der Waals surface area contributed by atoms with E-state index in [0.717, 1.165) is 36.1 Å². The number of amides is 2. The molecule has 2 aromatic heterocycles. The third kappa shape index (κ3) is 5.62. The summed E-state index contributed by atoms with van der Waals surface area (Å²) in [4.78, 5) is 27.5. The van der Waals surface area contributed by atoms with Crippen molar-refractivity contribution in [2.45, 2.75) is 13.3 Å². The lowest BCUT2D eigenvalue weighted by molar-refractivity contribution is 0.262. The van der Waals surface area contributed by atoms with Gasteiger partial charge in [0.25, 0.3) is 0 Å². The van der Waals surface area contributed by atoms with Crippen molar-refractivity contribution < 1.29 is 4.79 Å². The molecule has 8 heteroatoms. The molecular formula is C20H25N7O. The molecular weight excluding hydrogens is 354 g/mol. The van der Waals surface area contributed by atoms with Crippen molar-refractivity contribution in [1.29, 1.82) is 0 Å². The van der Waals surface area contributed by atoms with E-state index in [4.69, 9.17) is 0 Å². The Bertz CT molecular complexity index is 958. The first kappa shape index (κ1) is 19.5. The Labute approximate surface area is 164 Å². The van der Waals surface area contributed by atoms with E-state index in [-0.39, 0.29) is 5.95 Å². The first-order valence-corrected chi connectivity index (χ1v) is 9.18. The summed E-state index contributed by atoms with van der Waals surface area (Å²) in [5, 5.41) is 9.66. The zero-order valence-corrected chi connectivity index (χ0v) is 16.4. The molecule has 1 aromatic carbocycles. The molecule has 8 nitrogen and oxygen atoms in total. The average Bonchev–Trinajstić information content (AvgIpc) is 2.64. The molecule has 3 N–H and O–H groups in total. The van der Waals surface area contributed by atoms with E-state index in [1.54, 1.807) is 6.07 Å². The number of anilines is 3. The highest BCUT2D eigenvalue weighted by atomic mass is 16.2. The Morgan fingerprint density at radius 1 is 1.00 bits per heavy atom. The average molecular weight is 379 g/mol. The predicted molar refractivity (Wildman–Crippen MR) is 113 cm³/mol. The van der Waals surface area contributed by atoms with E-state index >= 15 is 0 Å². The highest BCUT2D eigenvalue weighted by Gasteiger charge is 2.08. The highest BCUT2D eigenvalue weighted by Crippen LogP contribution is 2.15. The lowest BCUT2D eigenvalue weighted by Crippen LogP contribution is -2.22. The number of carbonyl (C=O) groups is 1. The summed E-state index contributed by atoms with van der Waals surface area (Å²) in [6.45, 7) is 3.64. The molecule has 0 fully saturated rings. The summed E-state index contributed by atoms with van der Waals surface area (Å²) >= 11 is 0. The van der Waals surface area contributed by atoms with Gasteiger partial charge in [0.1, 0.15) is 11.6 Å². The van der Waals surface area contributed by atoms with E-state index in [0.29, 0.717) is 11.6 Å². The molecule has 0 atom stereocenters. The van der Waals surface area contributed by atoms with E-state index in [1.807, 2.05) is 57.4 Å². The molecule has 0 aliphatic carbocycles. The molecule has 0 unspecified atom stereocenters. The van der Waals surface area contributed by atoms with Gasteiger partial charge in [-0.25, -0.2) is 14.8 Å². The number of rotatable bonds is 7. The van der Waals surface area contributed by atoms with Crippen LogP contribution in [-0.4, -0.2) is 53.1 Å². The molecule has 0 saturated heterocycles. The molecule has 2 heterocycles. The number of aromatic nitrogens is 3. The maximum atomic E-state index is 12.3. The van der Waals surface area contributed by atoms with Gasteiger partial charge in [0.2, 0.25) is 5.95 Å². The Morgan fingerprint density at radius 3 is 2.64 bits per heavy atom. The SMILES string of the molecule is Cc1cc(NCCCN(C)C)nc(NC(=O)Nc2ccc3ccccc3n2)n1. The van der Waals surface area contributed by atoms with Crippen LogP contribution in [0.5, 0.6) is 0 Å². The second-order valence-corrected chi connectivity index (χ2v) is 6.77. The fourth-order valence-electron chi connectivity index (χ4n) is 2.71. The highest BCUT2D eigenvalue weighted by molar-refractivity contribution is 5.98. The zero-order chi connectivity index (χ0) is 19.9. The first-order valence-electron chi connectivity index (χ1n) is 9.18. The van der Waals surface area contributed by atoms with Gasteiger partial charge in [0, 0.05) is 23.7 Å². The van der Waals surface area contributed by atoms with Crippen LogP contribution in [0.4, 0.5) is 22.4 Å². The summed E-state index contributed by atoms with van der Waals surface area (Å²) in [5.41, 5.74) is 1.58. The van der Waals surface area contributed by atoms with Gasteiger partial charge in [-0.1, -0.05) is 18.2 Å². The summed E-state index contributed by atoms with van der Waals surface area (Å²) in [6, 6.07) is 12.8. The number of nitrogens with one attached hydrogen (secondary N) is 3. The zero-order valence-electron chi connectivity index (χ0n) is 16.4. The second kappa shape index (κ2) is 9.09. The Kier molecular flexibility index (Phi) is 6.33. The van der Waals surface area contributed by atoms with Crippen molar-refractivity contribution in [3.8, 4) is 0 Å². The second-order valence-electron chi connectivity index (χ2n) is 6.77. The van der Waals surface area contributed by atoms with Gasteiger partial charge in [0.05, 0.1) is 5.52 Å². The van der Waals surface area contributed by atoms with Crippen LogP contribution in [0.3, 0.4) is 0 Å². The van der Waals surface area contributed by atoms with E-state index in [9.17, 15) is 4.79 Å². The monoisotopic (exact) mass is 379 g/mol. The van der Waals surface area contributed by atoms with Gasteiger partial charge < -0.3 is 10.2 Å². The van der Waals surface area contributed by atoms with Crippen molar-refractivity contribution in [2.75, 3.05) is 43.1 Å². The summed E-state index contributed by atoms with van der Waals surface area (Å²) in [7, 11) is 4.08. The number of pyridine rings is 1. The number of nitrogens with zero attached hydrogens (tertiary/aromatic N) is 4. The van der Waals surface area contributed by atoms with E-state index < -0.39 is 6.03 Å². The van der Waals surface area contributed by atoms with Crippen LogP contribution in [0.25, 0.3) is 10.9 Å². The molecule has 0 bridgehead atoms. The number of urea groups is 1. The van der Waals surface area contributed by atoms with Crippen molar-refractivity contribution in [3.63, 3.8) is 0 Å². The van der Waals surface area contributed by atoms with Gasteiger partial charge in [-0.15, -0.1) is 0 Å². The van der Waals surface area contributed by atoms with Crippen LogP contribution in [-0.2, 0) is 0 Å². The largest absolute Gasteiger partial charge is 0.370 e. The molecule has 3 aromatic rings. The predicted octanol–water partition coefficient (Wildman–Crippen LogP) is 3.34. The molecule has 28 heavy (non-hydrogen) atoms. The number of carbonyl (C=O) groups excluding carboxylic acids is 1. The lowest BCUT2D eigenvalue weighted by atomic mass is 10.2. The van der Waals surface area contributed by atoms with Gasteiger partial charge in [-0.2, -0.15) is 4.98 Å². The van der Waals surface area contributed by atoms with Crippen molar-refractivity contribution in [3.05, 3.63) is 48.2 Å². The molecule has 2 amide bonds. The fourth-order valence-corrected chi connectivity index (χ4v) is 2.71. The number of para-hydroxylation sites is 1. The normalized spacial score (nSPS) is 10.9. The van der Waals surface area contributed by atoms with Crippen molar-refractivity contribution in [1.82, 2.24) is 19.9 Å². The molecule has 0 spiro atoms. The van der Waals surface area contributed by atoms with Crippen LogP contribution in [0, 0.1) is 6.92 Å². The quantitative estimate of drug-likeness (QED) is 0.545. The lowest BCUT2D eigenvalue weighted by Gasteiger charge is -2.12. The minimum absolute atomic E-state index is 0.244. The molecule has 0 aliphatic rings. The Morgan fingerprint density at radius 2 is 1.82 bits per heavy atom. The fraction of sp³-hybridized carbons (Fsp3) is 0.300. The van der Waals surface area contributed by atoms with E-state index in [2.05, 4.69) is 35.8 Å². The smallest absolute Gasteiger partial charge is 0.327 e. The third-order valence-electron chi connectivity index (χ3n) is 4.01. The van der Waals surface area contributed by atoms with Crippen molar-refractivity contribution >= 4 is 34.5 Å².